The summed E-state index contributed by atoms with van der Waals surface area (Å²) in [5.41, 5.74) is 6.64. The van der Waals surface area contributed by atoms with Crippen LogP contribution >= 0.6 is 11.6 Å². The van der Waals surface area contributed by atoms with E-state index in [1.165, 1.54) is 0 Å². The molecule has 0 spiro atoms. The average Bonchev–Trinajstić information content (AvgIpc) is 2.38. The van der Waals surface area contributed by atoms with Crippen molar-refractivity contribution in [1.82, 2.24) is 5.32 Å². The monoisotopic (exact) mass is 312 g/mol. The second kappa shape index (κ2) is 7.66. The number of hydrogen-bond donors (Lipinski definition) is 2. The molecule has 0 radical (unpaired) electrons. The smallest absolute Gasteiger partial charge is 0.237 e. The Labute approximate surface area is 132 Å². The van der Waals surface area contributed by atoms with Crippen LogP contribution in [-0.4, -0.2) is 25.1 Å². The summed E-state index contributed by atoms with van der Waals surface area (Å²) in [6, 6.07) is 5.01. The molecule has 1 aromatic rings. The third kappa shape index (κ3) is 5.94. The van der Waals surface area contributed by atoms with Crippen LogP contribution in [0.5, 0.6) is 5.75 Å². The molecule has 5 heteroatoms. The lowest BCUT2D eigenvalue weighted by Gasteiger charge is -2.25. The van der Waals surface area contributed by atoms with E-state index >= 15 is 0 Å². The molecule has 0 aromatic heterocycles. The Kier molecular flexibility index (Phi) is 6.49. The lowest BCUT2D eigenvalue weighted by Crippen LogP contribution is -2.48. The van der Waals surface area contributed by atoms with Gasteiger partial charge in [0, 0.05) is 11.6 Å². The van der Waals surface area contributed by atoms with Gasteiger partial charge in [-0.3, -0.25) is 4.79 Å². The van der Waals surface area contributed by atoms with E-state index in [0.29, 0.717) is 18.2 Å². The van der Waals surface area contributed by atoms with Gasteiger partial charge in [0.05, 0.1) is 12.6 Å². The van der Waals surface area contributed by atoms with Crippen molar-refractivity contribution in [3.63, 3.8) is 0 Å². The SMILES string of the molecule is Cc1cc(Cl)ccc1OCCCNC(=O)[C@@H](N)C(C)(C)C. The molecule has 0 aliphatic heterocycles. The van der Waals surface area contributed by atoms with E-state index in [0.717, 1.165) is 17.7 Å². The summed E-state index contributed by atoms with van der Waals surface area (Å²) in [4.78, 5) is 11.8. The number of ether oxygens (including phenoxy) is 1. The minimum Gasteiger partial charge on any atom is -0.493 e. The van der Waals surface area contributed by atoms with Gasteiger partial charge in [-0.25, -0.2) is 0 Å². The summed E-state index contributed by atoms with van der Waals surface area (Å²) >= 11 is 5.89. The molecule has 0 saturated carbocycles. The number of carbonyl (C=O) groups is 1. The van der Waals surface area contributed by atoms with E-state index in [-0.39, 0.29) is 11.3 Å². The third-order valence-corrected chi connectivity index (χ3v) is 3.47. The van der Waals surface area contributed by atoms with Gasteiger partial charge in [0.25, 0.3) is 0 Å². The first kappa shape index (κ1) is 17.8. The highest BCUT2D eigenvalue weighted by Gasteiger charge is 2.26. The van der Waals surface area contributed by atoms with Gasteiger partial charge >= 0.3 is 0 Å². The maximum Gasteiger partial charge on any atom is 0.237 e. The summed E-state index contributed by atoms with van der Waals surface area (Å²) in [7, 11) is 0. The molecule has 1 amide bonds. The van der Waals surface area contributed by atoms with Gasteiger partial charge in [-0.15, -0.1) is 0 Å². The molecule has 21 heavy (non-hydrogen) atoms. The maximum atomic E-state index is 11.8. The Hall–Kier alpha value is -1.26. The van der Waals surface area contributed by atoms with E-state index < -0.39 is 6.04 Å². The number of benzene rings is 1. The largest absolute Gasteiger partial charge is 0.493 e. The van der Waals surface area contributed by atoms with Crippen molar-refractivity contribution >= 4 is 17.5 Å². The molecular weight excluding hydrogens is 288 g/mol. The van der Waals surface area contributed by atoms with Crippen molar-refractivity contribution in [2.24, 2.45) is 11.1 Å². The van der Waals surface area contributed by atoms with Crippen LogP contribution in [0.1, 0.15) is 32.8 Å². The fourth-order valence-corrected chi connectivity index (χ4v) is 1.97. The van der Waals surface area contributed by atoms with Crippen LogP contribution in [0.25, 0.3) is 0 Å². The number of carbonyl (C=O) groups excluding carboxylic acids is 1. The standard InChI is InChI=1S/C16H25ClN2O2/c1-11-10-12(17)6-7-13(11)21-9-5-8-19-15(20)14(18)16(2,3)4/h6-7,10,14H,5,8-9,18H2,1-4H3,(H,19,20)/t14-/m1/s1. The second-order valence-electron chi connectivity index (χ2n) is 6.25. The number of halogens is 1. The number of amides is 1. The van der Waals surface area contributed by atoms with Crippen LogP contribution in [-0.2, 0) is 4.79 Å². The summed E-state index contributed by atoms with van der Waals surface area (Å²) < 4.78 is 5.66. The molecule has 0 bridgehead atoms. The van der Waals surface area contributed by atoms with Gasteiger partial charge in [0.15, 0.2) is 0 Å². The molecule has 4 nitrogen and oxygen atoms in total. The van der Waals surface area contributed by atoms with Gasteiger partial charge in [0.2, 0.25) is 5.91 Å². The highest BCUT2D eigenvalue weighted by molar-refractivity contribution is 6.30. The second-order valence-corrected chi connectivity index (χ2v) is 6.68. The molecule has 0 unspecified atom stereocenters. The van der Waals surface area contributed by atoms with Gasteiger partial charge in [-0.05, 0) is 42.5 Å². The van der Waals surface area contributed by atoms with E-state index in [2.05, 4.69) is 5.32 Å². The van der Waals surface area contributed by atoms with Crippen molar-refractivity contribution in [1.29, 1.82) is 0 Å². The fraction of sp³-hybridized carbons (Fsp3) is 0.562. The zero-order valence-electron chi connectivity index (χ0n) is 13.2. The molecule has 1 atom stereocenters. The quantitative estimate of drug-likeness (QED) is 0.794. The molecule has 0 aliphatic carbocycles. The van der Waals surface area contributed by atoms with E-state index in [9.17, 15) is 4.79 Å². The Bertz CT molecular complexity index is 484. The van der Waals surface area contributed by atoms with Crippen LogP contribution in [0.2, 0.25) is 5.02 Å². The fourth-order valence-electron chi connectivity index (χ4n) is 1.74. The van der Waals surface area contributed by atoms with Crippen LogP contribution in [0.4, 0.5) is 0 Å². The minimum absolute atomic E-state index is 0.120. The Balaban J connectivity index is 2.27. The van der Waals surface area contributed by atoms with Gasteiger partial charge in [-0.1, -0.05) is 32.4 Å². The minimum atomic E-state index is -0.503. The highest BCUT2D eigenvalue weighted by atomic mass is 35.5. The topological polar surface area (TPSA) is 64.3 Å². The Morgan fingerprint density at radius 2 is 2.10 bits per heavy atom. The predicted octanol–water partition coefficient (Wildman–Crippen LogP) is 2.91. The van der Waals surface area contributed by atoms with Crippen LogP contribution < -0.4 is 15.8 Å². The predicted molar refractivity (Wildman–Crippen MR) is 86.7 cm³/mol. The van der Waals surface area contributed by atoms with Gasteiger partial charge in [-0.2, -0.15) is 0 Å². The van der Waals surface area contributed by atoms with Crippen LogP contribution in [0.3, 0.4) is 0 Å². The first-order chi connectivity index (χ1) is 9.71. The summed E-state index contributed by atoms with van der Waals surface area (Å²) in [6.45, 7) is 8.88. The summed E-state index contributed by atoms with van der Waals surface area (Å²) in [6.07, 6.45) is 0.727. The third-order valence-electron chi connectivity index (χ3n) is 3.23. The van der Waals surface area contributed by atoms with Crippen molar-refractivity contribution < 1.29 is 9.53 Å². The number of nitrogens with one attached hydrogen (secondary N) is 1. The van der Waals surface area contributed by atoms with E-state index in [4.69, 9.17) is 22.1 Å². The van der Waals surface area contributed by atoms with Gasteiger partial charge in [0.1, 0.15) is 5.75 Å². The summed E-state index contributed by atoms with van der Waals surface area (Å²) in [5, 5.41) is 3.53. The Morgan fingerprint density at radius 1 is 1.43 bits per heavy atom. The van der Waals surface area contributed by atoms with Crippen molar-refractivity contribution in [3.05, 3.63) is 28.8 Å². The molecule has 1 aromatic carbocycles. The zero-order valence-corrected chi connectivity index (χ0v) is 14.0. The molecule has 0 heterocycles. The zero-order chi connectivity index (χ0) is 16.0. The average molecular weight is 313 g/mol. The molecule has 1 rings (SSSR count). The molecule has 0 saturated heterocycles. The number of nitrogens with two attached hydrogens (primary N) is 1. The normalized spacial score (nSPS) is 12.9. The van der Waals surface area contributed by atoms with E-state index in [1.54, 1.807) is 6.07 Å². The maximum absolute atomic E-state index is 11.8. The summed E-state index contributed by atoms with van der Waals surface area (Å²) in [5.74, 6) is 0.697. The molecule has 3 N–H and O–H groups in total. The Morgan fingerprint density at radius 3 is 2.67 bits per heavy atom. The van der Waals surface area contributed by atoms with Crippen LogP contribution in [0.15, 0.2) is 18.2 Å². The number of rotatable bonds is 6. The van der Waals surface area contributed by atoms with Crippen molar-refractivity contribution in [2.45, 2.75) is 40.2 Å². The van der Waals surface area contributed by atoms with Crippen molar-refractivity contribution in [3.8, 4) is 5.75 Å². The van der Waals surface area contributed by atoms with Crippen molar-refractivity contribution in [2.75, 3.05) is 13.2 Å². The lowest BCUT2D eigenvalue weighted by molar-refractivity contribution is -0.124. The first-order valence-corrected chi connectivity index (χ1v) is 7.52. The van der Waals surface area contributed by atoms with Gasteiger partial charge < -0.3 is 15.8 Å². The molecule has 0 fully saturated rings. The lowest BCUT2D eigenvalue weighted by atomic mass is 9.87. The highest BCUT2D eigenvalue weighted by Crippen LogP contribution is 2.21. The number of hydrogen-bond acceptors (Lipinski definition) is 3. The number of aryl methyl sites for hydroxylation is 1. The molecule has 0 aliphatic rings. The first-order valence-electron chi connectivity index (χ1n) is 7.14. The van der Waals surface area contributed by atoms with E-state index in [1.807, 2.05) is 39.8 Å². The molecule has 118 valence electrons. The molecular formula is C16H25ClN2O2. The van der Waals surface area contributed by atoms with Crippen LogP contribution in [0, 0.1) is 12.3 Å².